The van der Waals surface area contributed by atoms with Crippen LogP contribution in [-0.2, 0) is 9.59 Å². The minimum atomic E-state index is -0.843. The Hall–Kier alpha value is -0.670. The molecule has 0 aliphatic rings. The molecule has 0 heterocycles. The number of carbonyl (C=O) groups is 2. The minimum Gasteiger partial charge on any atom is -0.480 e. The Morgan fingerprint density at radius 2 is 2.06 bits per heavy atom. The van der Waals surface area contributed by atoms with E-state index >= 15 is 0 Å². The van der Waals surface area contributed by atoms with E-state index in [1.807, 2.05) is 6.92 Å². The fraction of sp³-hybridized carbons (Fsp3) is 0.800. The normalized spacial score (nSPS) is 12.1. The van der Waals surface area contributed by atoms with Gasteiger partial charge in [-0.1, -0.05) is 16.3 Å². The van der Waals surface area contributed by atoms with Crippen molar-refractivity contribution in [3.63, 3.8) is 0 Å². The highest BCUT2D eigenvalue weighted by Crippen LogP contribution is 2.02. The van der Waals surface area contributed by atoms with Gasteiger partial charge in [0.15, 0.2) is 0 Å². The Kier molecular flexibility index (Phi) is 9.15. The molecule has 0 spiro atoms. The van der Waals surface area contributed by atoms with E-state index in [0.717, 1.165) is 19.3 Å². The van der Waals surface area contributed by atoms with Gasteiger partial charge in [0, 0.05) is 13.0 Å². The Morgan fingerprint density at radius 1 is 1.38 bits per heavy atom. The van der Waals surface area contributed by atoms with Gasteiger partial charge < -0.3 is 10.4 Å². The van der Waals surface area contributed by atoms with Gasteiger partial charge in [0.05, 0.1) is 0 Å². The fourth-order valence-electron chi connectivity index (χ4n) is 1.29. The summed E-state index contributed by atoms with van der Waals surface area (Å²) < 4.78 is 0. The number of carbonyl (C=O) groups excluding carboxylic acids is 1. The van der Waals surface area contributed by atoms with Gasteiger partial charge in [-0.3, -0.25) is 14.7 Å². The van der Waals surface area contributed by atoms with Crippen LogP contribution in [0, 0.1) is 0 Å². The van der Waals surface area contributed by atoms with Crippen molar-refractivity contribution in [2.24, 2.45) is 0 Å². The van der Waals surface area contributed by atoms with Crippen molar-refractivity contribution >= 4 is 21.3 Å². The van der Waals surface area contributed by atoms with Crippen molar-refractivity contribution in [3.05, 3.63) is 0 Å². The lowest BCUT2D eigenvalue weighted by atomic mass is 10.1. The van der Waals surface area contributed by atoms with E-state index in [-0.39, 0.29) is 5.91 Å². The second-order valence-electron chi connectivity index (χ2n) is 3.65. The van der Waals surface area contributed by atoms with Crippen LogP contribution in [0.2, 0.25) is 0 Å². The van der Waals surface area contributed by atoms with Gasteiger partial charge in [-0.2, -0.15) is 0 Å². The molecule has 0 aromatic carbocycles. The van der Waals surface area contributed by atoms with Crippen molar-refractivity contribution in [3.8, 4) is 0 Å². The van der Waals surface area contributed by atoms with Crippen LogP contribution < -0.4 is 10.4 Å². The van der Waals surface area contributed by atoms with E-state index < -0.39 is 12.0 Å². The molecule has 1 unspecified atom stereocenters. The quantitative estimate of drug-likeness (QED) is 0.418. The zero-order chi connectivity index (χ0) is 12.4. The molecule has 1 amide bonds. The molecule has 0 aliphatic carbocycles. The Labute approximate surface area is 98.6 Å². The van der Waals surface area contributed by atoms with Crippen molar-refractivity contribution < 1.29 is 14.7 Å². The summed E-state index contributed by atoms with van der Waals surface area (Å²) in [4.78, 5) is 21.7. The molecule has 0 bridgehead atoms. The first kappa shape index (κ1) is 15.3. The van der Waals surface area contributed by atoms with Crippen LogP contribution in [0.25, 0.3) is 0 Å². The summed E-state index contributed by atoms with van der Waals surface area (Å²) in [6.45, 7) is 2.59. The van der Waals surface area contributed by atoms with Crippen molar-refractivity contribution in [2.45, 2.75) is 45.1 Å². The SMILES string of the molecule is CCCC(=O)NCCCC[C@H](NP)C(=O)O. The van der Waals surface area contributed by atoms with E-state index in [1.165, 1.54) is 0 Å². The van der Waals surface area contributed by atoms with Crippen LogP contribution in [0.1, 0.15) is 39.0 Å². The molecule has 0 aromatic heterocycles. The molecule has 16 heavy (non-hydrogen) atoms. The second kappa shape index (κ2) is 9.55. The highest BCUT2D eigenvalue weighted by Gasteiger charge is 2.13. The molecule has 0 radical (unpaired) electrons. The number of hydrogen-bond acceptors (Lipinski definition) is 3. The van der Waals surface area contributed by atoms with Gasteiger partial charge in [-0.25, -0.2) is 0 Å². The van der Waals surface area contributed by atoms with E-state index in [1.54, 1.807) is 0 Å². The third-order valence-electron chi connectivity index (χ3n) is 2.22. The zero-order valence-electron chi connectivity index (χ0n) is 9.66. The summed E-state index contributed by atoms with van der Waals surface area (Å²) in [5.41, 5.74) is 0. The maximum absolute atomic E-state index is 11.1. The van der Waals surface area contributed by atoms with Gasteiger partial charge in [-0.15, -0.1) is 0 Å². The monoisotopic (exact) mass is 248 g/mol. The Balaban J connectivity index is 3.45. The van der Waals surface area contributed by atoms with Crippen LogP contribution in [0.4, 0.5) is 0 Å². The van der Waals surface area contributed by atoms with Crippen LogP contribution in [-0.4, -0.2) is 29.6 Å². The number of carboxylic acid groups (broad SMARTS) is 1. The number of aliphatic carboxylic acids is 1. The zero-order valence-corrected chi connectivity index (χ0v) is 10.8. The van der Waals surface area contributed by atoms with Crippen LogP contribution >= 0.6 is 9.39 Å². The third kappa shape index (κ3) is 7.60. The molecule has 0 rings (SSSR count). The highest BCUT2D eigenvalue weighted by atomic mass is 31.0. The van der Waals surface area contributed by atoms with E-state index in [9.17, 15) is 9.59 Å². The Bertz CT molecular complexity index is 224. The molecule has 2 atom stereocenters. The van der Waals surface area contributed by atoms with Gasteiger partial charge in [0.2, 0.25) is 5.91 Å². The lowest BCUT2D eigenvalue weighted by molar-refractivity contribution is -0.139. The molecule has 94 valence electrons. The molecular weight excluding hydrogens is 227 g/mol. The number of amides is 1. The largest absolute Gasteiger partial charge is 0.480 e. The summed E-state index contributed by atoms with van der Waals surface area (Å²) in [5, 5.41) is 14.2. The van der Waals surface area contributed by atoms with Crippen LogP contribution in [0.5, 0.6) is 0 Å². The number of carboxylic acids is 1. The first-order valence-electron chi connectivity index (χ1n) is 5.57. The number of hydrogen-bond donors (Lipinski definition) is 3. The molecule has 0 saturated carbocycles. The summed E-state index contributed by atoms with van der Waals surface area (Å²) >= 11 is 0. The molecule has 3 N–H and O–H groups in total. The number of unbranched alkanes of at least 4 members (excludes halogenated alkanes) is 1. The van der Waals surface area contributed by atoms with E-state index in [2.05, 4.69) is 19.8 Å². The first-order chi connectivity index (χ1) is 7.61. The molecule has 6 heteroatoms. The summed E-state index contributed by atoms with van der Waals surface area (Å²) in [5.74, 6) is -0.772. The van der Waals surface area contributed by atoms with Gasteiger partial charge >= 0.3 is 5.97 Å². The van der Waals surface area contributed by atoms with Crippen molar-refractivity contribution in [1.29, 1.82) is 0 Å². The topological polar surface area (TPSA) is 78.4 Å². The highest BCUT2D eigenvalue weighted by molar-refractivity contribution is 7.13. The van der Waals surface area contributed by atoms with E-state index in [4.69, 9.17) is 5.11 Å². The summed E-state index contributed by atoms with van der Waals surface area (Å²) in [6, 6.07) is -0.517. The molecular formula is C10H21N2O3P. The predicted octanol–water partition coefficient (Wildman–Crippen LogP) is 0.906. The maximum Gasteiger partial charge on any atom is 0.320 e. The number of rotatable bonds is 9. The van der Waals surface area contributed by atoms with Crippen LogP contribution in [0.3, 0.4) is 0 Å². The maximum atomic E-state index is 11.1. The minimum absolute atomic E-state index is 0.0708. The standard InChI is InChI=1S/C10H21N2O3P/c1-2-5-9(13)11-7-4-3-6-8(12-16)10(14)15/h8,12H,2-7,16H2,1H3,(H,11,13)(H,14,15)/t8-/m0/s1. The van der Waals surface area contributed by atoms with E-state index in [0.29, 0.717) is 19.4 Å². The first-order valence-corrected chi connectivity index (χ1v) is 6.15. The molecule has 0 fully saturated rings. The van der Waals surface area contributed by atoms with Crippen molar-refractivity contribution in [1.82, 2.24) is 10.4 Å². The molecule has 0 aliphatic heterocycles. The average Bonchev–Trinajstić information content (AvgIpc) is 2.23. The van der Waals surface area contributed by atoms with Gasteiger partial charge in [0.25, 0.3) is 0 Å². The summed E-state index contributed by atoms with van der Waals surface area (Å²) in [7, 11) is 2.21. The third-order valence-corrected chi connectivity index (χ3v) is 2.62. The smallest absolute Gasteiger partial charge is 0.320 e. The summed E-state index contributed by atoms with van der Waals surface area (Å²) in [6.07, 6.45) is 3.58. The van der Waals surface area contributed by atoms with Gasteiger partial charge in [-0.05, 0) is 25.7 Å². The Morgan fingerprint density at radius 3 is 2.56 bits per heavy atom. The average molecular weight is 248 g/mol. The number of nitrogens with one attached hydrogen (secondary N) is 2. The molecule has 0 aromatic rings. The lowest BCUT2D eigenvalue weighted by Crippen LogP contribution is -2.30. The van der Waals surface area contributed by atoms with Gasteiger partial charge in [0.1, 0.15) is 6.04 Å². The molecule has 0 saturated heterocycles. The van der Waals surface area contributed by atoms with Crippen molar-refractivity contribution in [2.75, 3.05) is 6.54 Å². The lowest BCUT2D eigenvalue weighted by Gasteiger charge is -2.10. The molecule has 5 nitrogen and oxygen atoms in total. The predicted molar refractivity (Wildman–Crippen MR) is 66.0 cm³/mol. The second-order valence-corrected chi connectivity index (χ2v) is 3.99. The fourth-order valence-corrected chi connectivity index (χ4v) is 1.60. The van der Waals surface area contributed by atoms with Crippen LogP contribution in [0.15, 0.2) is 0 Å².